The molecule has 4 nitrogen and oxygen atoms in total. The molecular weight excluding hydrogens is 245 g/mol. The van der Waals surface area contributed by atoms with Crippen LogP contribution in [-0.4, -0.2) is 16.5 Å². The van der Waals surface area contributed by atoms with E-state index in [-0.39, 0.29) is 11.4 Å². The average Bonchev–Trinajstić information content (AvgIpc) is 2.42. The molecule has 0 fully saturated rings. The molecule has 98 valence electrons. The second kappa shape index (κ2) is 4.93. The molecule has 1 aromatic heterocycles. The van der Waals surface area contributed by atoms with Crippen molar-refractivity contribution in [1.82, 2.24) is 15.3 Å². The molecule has 0 bridgehead atoms. The first-order valence-corrected chi connectivity index (χ1v) is 6.28. The lowest BCUT2D eigenvalue weighted by molar-refractivity contribution is 0.614. The van der Waals surface area contributed by atoms with Crippen molar-refractivity contribution < 1.29 is 4.39 Å². The van der Waals surface area contributed by atoms with Crippen molar-refractivity contribution in [3.05, 3.63) is 63.1 Å². The Labute approximate surface area is 109 Å². The van der Waals surface area contributed by atoms with Crippen LogP contribution in [-0.2, 0) is 19.4 Å². The SMILES string of the molecule is O=c1[nH]c(Cc2ccc(F)cc2)nc2c1CNCC2. The van der Waals surface area contributed by atoms with Gasteiger partial charge >= 0.3 is 0 Å². The Kier molecular flexibility index (Phi) is 3.13. The Balaban J connectivity index is 1.91. The van der Waals surface area contributed by atoms with Crippen molar-refractivity contribution in [2.45, 2.75) is 19.4 Å². The van der Waals surface area contributed by atoms with Crippen LogP contribution in [0.3, 0.4) is 0 Å². The minimum atomic E-state index is -0.262. The molecule has 2 N–H and O–H groups in total. The summed E-state index contributed by atoms with van der Waals surface area (Å²) >= 11 is 0. The highest BCUT2D eigenvalue weighted by molar-refractivity contribution is 5.24. The molecule has 3 rings (SSSR count). The van der Waals surface area contributed by atoms with E-state index in [1.807, 2.05) is 0 Å². The van der Waals surface area contributed by atoms with Crippen LogP contribution >= 0.6 is 0 Å². The first kappa shape index (κ1) is 12.0. The van der Waals surface area contributed by atoms with Gasteiger partial charge in [0.05, 0.1) is 11.3 Å². The summed E-state index contributed by atoms with van der Waals surface area (Å²) in [5, 5.41) is 3.16. The van der Waals surface area contributed by atoms with Crippen LogP contribution < -0.4 is 10.9 Å². The van der Waals surface area contributed by atoms with E-state index in [1.165, 1.54) is 12.1 Å². The minimum absolute atomic E-state index is 0.0747. The number of nitrogens with zero attached hydrogens (tertiary/aromatic N) is 1. The summed E-state index contributed by atoms with van der Waals surface area (Å²) < 4.78 is 12.8. The third kappa shape index (κ3) is 2.56. The number of halogens is 1. The molecule has 0 saturated carbocycles. The minimum Gasteiger partial charge on any atom is -0.312 e. The zero-order valence-electron chi connectivity index (χ0n) is 10.4. The van der Waals surface area contributed by atoms with E-state index in [1.54, 1.807) is 12.1 Å². The van der Waals surface area contributed by atoms with Crippen LogP contribution in [0.2, 0.25) is 0 Å². The second-order valence-corrected chi connectivity index (χ2v) is 4.67. The molecular formula is C14H14FN3O. The Morgan fingerprint density at radius 2 is 2.05 bits per heavy atom. The van der Waals surface area contributed by atoms with E-state index < -0.39 is 0 Å². The molecule has 1 aromatic carbocycles. The summed E-state index contributed by atoms with van der Waals surface area (Å²) in [4.78, 5) is 19.2. The standard InChI is InChI=1S/C14H14FN3O/c15-10-3-1-9(2-4-10)7-13-17-12-5-6-16-8-11(12)14(19)18-13/h1-4,16H,5-8H2,(H,17,18,19). The molecule has 0 saturated heterocycles. The summed E-state index contributed by atoms with van der Waals surface area (Å²) in [5.74, 6) is 0.374. The number of nitrogens with one attached hydrogen (secondary N) is 2. The number of rotatable bonds is 2. The van der Waals surface area contributed by atoms with Gasteiger partial charge < -0.3 is 10.3 Å². The molecule has 0 spiro atoms. The molecule has 0 unspecified atom stereocenters. The first-order valence-electron chi connectivity index (χ1n) is 6.28. The lowest BCUT2D eigenvalue weighted by Crippen LogP contribution is -2.32. The summed E-state index contributed by atoms with van der Waals surface area (Å²) in [6.07, 6.45) is 1.28. The molecule has 0 radical (unpaired) electrons. The van der Waals surface area contributed by atoms with Crippen LogP contribution in [0.5, 0.6) is 0 Å². The topological polar surface area (TPSA) is 57.8 Å². The molecule has 2 heterocycles. The highest BCUT2D eigenvalue weighted by Crippen LogP contribution is 2.10. The Hall–Kier alpha value is -2.01. The lowest BCUT2D eigenvalue weighted by atomic mass is 10.1. The fraction of sp³-hybridized carbons (Fsp3) is 0.286. The number of aromatic amines is 1. The van der Waals surface area contributed by atoms with E-state index in [4.69, 9.17) is 0 Å². The maximum absolute atomic E-state index is 12.8. The van der Waals surface area contributed by atoms with Crippen molar-refractivity contribution in [3.8, 4) is 0 Å². The quantitative estimate of drug-likeness (QED) is 0.850. The van der Waals surface area contributed by atoms with E-state index in [9.17, 15) is 9.18 Å². The average molecular weight is 259 g/mol. The second-order valence-electron chi connectivity index (χ2n) is 4.67. The fourth-order valence-electron chi connectivity index (χ4n) is 2.28. The van der Waals surface area contributed by atoms with E-state index in [2.05, 4.69) is 15.3 Å². The summed E-state index contributed by atoms with van der Waals surface area (Å²) in [6.45, 7) is 1.42. The summed E-state index contributed by atoms with van der Waals surface area (Å²) in [6, 6.07) is 6.23. The maximum atomic E-state index is 12.8. The third-order valence-electron chi connectivity index (χ3n) is 3.28. The smallest absolute Gasteiger partial charge is 0.255 e. The van der Waals surface area contributed by atoms with Crippen molar-refractivity contribution >= 4 is 0 Å². The maximum Gasteiger partial charge on any atom is 0.255 e. The molecule has 1 aliphatic rings. The molecule has 2 aromatic rings. The highest BCUT2D eigenvalue weighted by atomic mass is 19.1. The third-order valence-corrected chi connectivity index (χ3v) is 3.28. The van der Waals surface area contributed by atoms with Crippen LogP contribution in [0, 0.1) is 5.82 Å². The predicted molar refractivity (Wildman–Crippen MR) is 69.5 cm³/mol. The Morgan fingerprint density at radius 3 is 2.84 bits per heavy atom. The van der Waals surface area contributed by atoms with Gasteiger partial charge in [-0.3, -0.25) is 4.79 Å². The normalized spacial score (nSPS) is 14.2. The molecule has 0 aliphatic carbocycles. The van der Waals surface area contributed by atoms with E-state index in [0.29, 0.717) is 18.8 Å². The summed E-state index contributed by atoms with van der Waals surface area (Å²) in [7, 11) is 0. The van der Waals surface area contributed by atoms with E-state index >= 15 is 0 Å². The number of hydrogen-bond acceptors (Lipinski definition) is 3. The number of hydrogen-bond donors (Lipinski definition) is 2. The van der Waals surface area contributed by atoms with Crippen LogP contribution in [0.1, 0.15) is 22.6 Å². The van der Waals surface area contributed by atoms with Gasteiger partial charge in [0, 0.05) is 25.9 Å². The molecule has 1 aliphatic heterocycles. The van der Waals surface area contributed by atoms with Gasteiger partial charge in [0.2, 0.25) is 0 Å². The van der Waals surface area contributed by atoms with Crippen molar-refractivity contribution in [2.24, 2.45) is 0 Å². The van der Waals surface area contributed by atoms with Crippen LogP contribution in [0.25, 0.3) is 0 Å². The van der Waals surface area contributed by atoms with Gasteiger partial charge in [0.15, 0.2) is 0 Å². The Morgan fingerprint density at radius 1 is 1.26 bits per heavy atom. The van der Waals surface area contributed by atoms with Gasteiger partial charge in [0.1, 0.15) is 11.6 Å². The zero-order valence-corrected chi connectivity index (χ0v) is 10.4. The molecule has 19 heavy (non-hydrogen) atoms. The monoisotopic (exact) mass is 259 g/mol. The predicted octanol–water partition coefficient (Wildman–Crippen LogP) is 1.15. The van der Waals surface area contributed by atoms with Crippen molar-refractivity contribution in [3.63, 3.8) is 0 Å². The van der Waals surface area contributed by atoms with Gasteiger partial charge in [0.25, 0.3) is 5.56 Å². The first-order chi connectivity index (χ1) is 9.22. The zero-order chi connectivity index (χ0) is 13.2. The van der Waals surface area contributed by atoms with Crippen LogP contribution in [0.15, 0.2) is 29.1 Å². The number of fused-ring (bicyclic) bond motifs is 1. The van der Waals surface area contributed by atoms with Crippen molar-refractivity contribution in [1.29, 1.82) is 0 Å². The van der Waals surface area contributed by atoms with Gasteiger partial charge in [-0.1, -0.05) is 12.1 Å². The highest BCUT2D eigenvalue weighted by Gasteiger charge is 2.15. The van der Waals surface area contributed by atoms with Crippen molar-refractivity contribution in [2.75, 3.05) is 6.54 Å². The molecule has 5 heteroatoms. The van der Waals surface area contributed by atoms with Gasteiger partial charge in [-0.15, -0.1) is 0 Å². The van der Waals surface area contributed by atoms with Gasteiger partial charge in [-0.2, -0.15) is 0 Å². The molecule has 0 atom stereocenters. The molecule has 0 amide bonds. The van der Waals surface area contributed by atoms with Gasteiger partial charge in [-0.25, -0.2) is 9.37 Å². The fourth-order valence-corrected chi connectivity index (χ4v) is 2.28. The number of benzene rings is 1. The lowest BCUT2D eigenvalue weighted by Gasteiger charge is -2.15. The number of aromatic nitrogens is 2. The largest absolute Gasteiger partial charge is 0.312 e. The van der Waals surface area contributed by atoms with E-state index in [0.717, 1.165) is 29.8 Å². The Bertz CT molecular complexity index is 649. The number of H-pyrrole nitrogens is 1. The summed E-state index contributed by atoms with van der Waals surface area (Å²) in [5.41, 5.74) is 2.46. The van der Waals surface area contributed by atoms with Gasteiger partial charge in [-0.05, 0) is 17.7 Å². The van der Waals surface area contributed by atoms with Crippen LogP contribution in [0.4, 0.5) is 4.39 Å².